The summed E-state index contributed by atoms with van der Waals surface area (Å²) in [6.07, 6.45) is 8.95. The molecule has 170 valence electrons. The summed E-state index contributed by atoms with van der Waals surface area (Å²) >= 11 is 1.18. The SMILES string of the molecule is CN=Cc1c(N2CC3C4C=CC(NC)(C4)C3C2)c(F)cc2c(=O)c(C(=O)O)c3sccn3c12. The lowest BCUT2D eigenvalue weighted by atomic mass is 9.82. The third-order valence-electron chi connectivity index (χ3n) is 7.84. The molecule has 3 heterocycles. The maximum Gasteiger partial charge on any atom is 0.342 e. The fraction of sp³-hybridized carbons (Fsp3) is 0.375. The van der Waals surface area contributed by atoms with Gasteiger partial charge < -0.3 is 19.7 Å². The number of aromatic nitrogens is 1. The van der Waals surface area contributed by atoms with Gasteiger partial charge in [0.25, 0.3) is 0 Å². The van der Waals surface area contributed by atoms with Crippen LogP contribution in [0.15, 0.2) is 39.6 Å². The molecule has 2 aromatic heterocycles. The van der Waals surface area contributed by atoms with Crippen LogP contribution in [0.5, 0.6) is 0 Å². The number of aliphatic imine (C=N–C) groups is 1. The van der Waals surface area contributed by atoms with Crippen molar-refractivity contribution in [3.63, 3.8) is 0 Å². The summed E-state index contributed by atoms with van der Waals surface area (Å²) in [4.78, 5) is 31.6. The molecule has 4 atom stereocenters. The molecule has 1 aromatic carbocycles. The lowest BCUT2D eigenvalue weighted by Crippen LogP contribution is -2.46. The van der Waals surface area contributed by atoms with Gasteiger partial charge in [0, 0.05) is 54.9 Å². The average Bonchev–Trinajstić information content (AvgIpc) is 3.55. The first kappa shape index (κ1) is 20.6. The molecule has 0 spiro atoms. The average molecular weight is 467 g/mol. The summed E-state index contributed by atoms with van der Waals surface area (Å²) in [7, 11) is 3.60. The number of benzene rings is 1. The molecule has 1 aliphatic heterocycles. The Morgan fingerprint density at radius 3 is 2.97 bits per heavy atom. The molecule has 3 aromatic rings. The molecule has 1 saturated heterocycles. The van der Waals surface area contributed by atoms with E-state index >= 15 is 4.39 Å². The Balaban J connectivity index is 1.60. The van der Waals surface area contributed by atoms with Crippen molar-refractivity contribution in [2.45, 2.75) is 12.0 Å². The van der Waals surface area contributed by atoms with E-state index in [1.54, 1.807) is 29.2 Å². The molecule has 1 saturated carbocycles. The van der Waals surface area contributed by atoms with Gasteiger partial charge in [0.1, 0.15) is 16.2 Å². The molecular weight excluding hydrogens is 443 g/mol. The number of thiazole rings is 1. The summed E-state index contributed by atoms with van der Waals surface area (Å²) in [6.45, 7) is 1.43. The van der Waals surface area contributed by atoms with Crippen LogP contribution in [0.4, 0.5) is 10.1 Å². The van der Waals surface area contributed by atoms with Crippen LogP contribution >= 0.6 is 11.3 Å². The molecule has 2 aliphatic carbocycles. The van der Waals surface area contributed by atoms with Crippen LogP contribution in [-0.4, -0.2) is 54.4 Å². The highest BCUT2D eigenvalue weighted by Gasteiger charge is 2.57. The smallest absolute Gasteiger partial charge is 0.342 e. The number of pyridine rings is 1. The zero-order chi connectivity index (χ0) is 23.1. The van der Waals surface area contributed by atoms with Gasteiger partial charge in [0.15, 0.2) is 0 Å². The number of likely N-dealkylation sites (N-methyl/N-ethyl adjacent to an activating group) is 1. The number of carboxylic acid groups (broad SMARTS) is 1. The minimum absolute atomic E-state index is 0.0484. The Morgan fingerprint density at radius 2 is 2.24 bits per heavy atom. The van der Waals surface area contributed by atoms with Crippen molar-refractivity contribution in [2.24, 2.45) is 22.7 Å². The number of allylic oxidation sites excluding steroid dienone is 1. The quantitative estimate of drug-likeness (QED) is 0.456. The van der Waals surface area contributed by atoms with E-state index in [4.69, 9.17) is 0 Å². The Kier molecular flexibility index (Phi) is 4.35. The van der Waals surface area contributed by atoms with E-state index in [1.807, 2.05) is 7.05 Å². The molecule has 9 heteroatoms. The van der Waals surface area contributed by atoms with Crippen LogP contribution in [0.1, 0.15) is 22.3 Å². The van der Waals surface area contributed by atoms with Crippen molar-refractivity contribution < 1.29 is 14.3 Å². The topological polar surface area (TPSA) is 86.4 Å². The molecular formula is C24H23FN4O3S. The van der Waals surface area contributed by atoms with E-state index in [1.165, 1.54) is 17.4 Å². The van der Waals surface area contributed by atoms with Gasteiger partial charge in [-0.2, -0.15) is 0 Å². The molecule has 2 fully saturated rings. The van der Waals surface area contributed by atoms with Gasteiger partial charge in [-0.3, -0.25) is 9.79 Å². The van der Waals surface area contributed by atoms with Crippen molar-refractivity contribution in [1.29, 1.82) is 0 Å². The molecule has 2 N–H and O–H groups in total. The second kappa shape index (κ2) is 6.98. The van der Waals surface area contributed by atoms with E-state index in [-0.39, 0.29) is 16.5 Å². The molecule has 6 rings (SSSR count). The van der Waals surface area contributed by atoms with Crippen LogP contribution in [0, 0.1) is 23.6 Å². The highest BCUT2D eigenvalue weighted by atomic mass is 32.1. The highest BCUT2D eigenvalue weighted by Crippen LogP contribution is 2.54. The normalized spacial score (nSPS) is 28.1. The highest BCUT2D eigenvalue weighted by molar-refractivity contribution is 7.16. The molecule has 7 nitrogen and oxygen atoms in total. The van der Waals surface area contributed by atoms with E-state index in [9.17, 15) is 14.7 Å². The van der Waals surface area contributed by atoms with Crippen molar-refractivity contribution in [1.82, 2.24) is 9.72 Å². The molecule has 0 radical (unpaired) electrons. The van der Waals surface area contributed by atoms with Gasteiger partial charge in [-0.1, -0.05) is 12.2 Å². The fourth-order valence-electron chi connectivity index (χ4n) is 6.46. The summed E-state index contributed by atoms with van der Waals surface area (Å²) in [5, 5.41) is 14.9. The Labute approximate surface area is 192 Å². The lowest BCUT2D eigenvalue weighted by Gasteiger charge is -2.32. The van der Waals surface area contributed by atoms with Gasteiger partial charge in [0.2, 0.25) is 5.43 Å². The van der Waals surface area contributed by atoms with Crippen LogP contribution in [-0.2, 0) is 0 Å². The Bertz CT molecular complexity index is 1460. The van der Waals surface area contributed by atoms with Crippen LogP contribution in [0.25, 0.3) is 15.7 Å². The number of nitrogens with one attached hydrogen (secondary N) is 1. The van der Waals surface area contributed by atoms with Crippen LogP contribution in [0.2, 0.25) is 0 Å². The van der Waals surface area contributed by atoms with Crippen LogP contribution in [0.3, 0.4) is 0 Å². The Morgan fingerprint density at radius 1 is 1.42 bits per heavy atom. The number of aromatic carboxylic acids is 1. The number of fused-ring (bicyclic) bond motifs is 8. The minimum atomic E-state index is -1.32. The first-order valence-corrected chi connectivity index (χ1v) is 11.8. The summed E-state index contributed by atoms with van der Waals surface area (Å²) in [6, 6.07) is 1.20. The second-order valence-electron chi connectivity index (χ2n) is 9.18. The van der Waals surface area contributed by atoms with E-state index in [0.717, 1.165) is 13.0 Å². The summed E-state index contributed by atoms with van der Waals surface area (Å²) < 4.78 is 17.4. The maximum atomic E-state index is 15.7. The van der Waals surface area contributed by atoms with Crippen molar-refractivity contribution >= 4 is 44.9 Å². The first-order chi connectivity index (χ1) is 15.9. The van der Waals surface area contributed by atoms with Gasteiger partial charge in [-0.25, -0.2) is 9.18 Å². The third-order valence-corrected chi connectivity index (χ3v) is 8.72. The molecule has 2 bridgehead atoms. The molecule has 3 aliphatic rings. The van der Waals surface area contributed by atoms with Gasteiger partial charge in [-0.15, -0.1) is 11.3 Å². The second-order valence-corrected chi connectivity index (χ2v) is 10.1. The summed E-state index contributed by atoms with van der Waals surface area (Å²) in [5.74, 6) is -0.562. The van der Waals surface area contributed by atoms with E-state index in [2.05, 4.69) is 27.4 Å². The first-order valence-electron chi connectivity index (χ1n) is 11.0. The van der Waals surface area contributed by atoms with Gasteiger partial charge in [-0.05, 0) is 31.4 Å². The Hall–Kier alpha value is -3.04. The largest absolute Gasteiger partial charge is 0.477 e. The van der Waals surface area contributed by atoms with Gasteiger partial charge in [0.05, 0.1) is 16.6 Å². The number of rotatable bonds is 4. The standard InChI is InChI=1S/C24H23FN4O3S/c1-26-9-14-19-13(21(30)18(23(31)32)22-29(19)5-6-33-22)7-17(25)20(14)28-10-15-12-3-4-24(8-12,27-2)16(15)11-28/h3-7,9,12,15-16,27H,8,10-11H2,1-2H3,(H,31,32). The molecule has 33 heavy (non-hydrogen) atoms. The van der Waals surface area contributed by atoms with Crippen molar-refractivity contribution in [3.8, 4) is 0 Å². The minimum Gasteiger partial charge on any atom is -0.477 e. The fourth-order valence-corrected chi connectivity index (χ4v) is 7.34. The monoisotopic (exact) mass is 466 g/mol. The van der Waals surface area contributed by atoms with Crippen molar-refractivity contribution in [2.75, 3.05) is 32.1 Å². The number of halogens is 1. The number of carboxylic acids is 1. The predicted molar refractivity (Wildman–Crippen MR) is 128 cm³/mol. The van der Waals surface area contributed by atoms with E-state index < -0.39 is 17.2 Å². The van der Waals surface area contributed by atoms with Gasteiger partial charge >= 0.3 is 5.97 Å². The number of anilines is 1. The number of hydrogen-bond donors (Lipinski definition) is 2. The number of carbonyl (C=O) groups is 1. The molecule has 0 amide bonds. The van der Waals surface area contributed by atoms with Crippen LogP contribution < -0.4 is 15.6 Å². The predicted octanol–water partition coefficient (Wildman–Crippen LogP) is 3.00. The number of hydrogen-bond acceptors (Lipinski definition) is 6. The third kappa shape index (κ3) is 2.60. The van der Waals surface area contributed by atoms with Crippen molar-refractivity contribution in [3.05, 3.63) is 57.0 Å². The summed E-state index contributed by atoms with van der Waals surface area (Å²) in [5.41, 5.74) is 0.364. The lowest BCUT2D eigenvalue weighted by molar-refractivity contribution is 0.0697. The zero-order valence-corrected chi connectivity index (χ0v) is 19.0. The zero-order valence-electron chi connectivity index (χ0n) is 18.2. The maximum absolute atomic E-state index is 15.7. The molecule has 4 unspecified atom stereocenters. The number of nitrogens with zero attached hydrogens (tertiary/aromatic N) is 3. The van der Waals surface area contributed by atoms with E-state index in [0.29, 0.717) is 45.9 Å².